The fourth-order valence-corrected chi connectivity index (χ4v) is 1.67. The van der Waals surface area contributed by atoms with E-state index in [4.69, 9.17) is 5.73 Å². The highest BCUT2D eigenvalue weighted by molar-refractivity contribution is 5.95. The lowest BCUT2D eigenvalue weighted by atomic mass is 10.0. The quantitative estimate of drug-likeness (QED) is 0.853. The van der Waals surface area contributed by atoms with Gasteiger partial charge in [-0.25, -0.2) is 0 Å². The van der Waals surface area contributed by atoms with Crippen LogP contribution in [0.15, 0.2) is 24.3 Å². The maximum Gasteiger partial charge on any atom is 0.243 e. The molecule has 0 heterocycles. The summed E-state index contributed by atoms with van der Waals surface area (Å²) in [6.45, 7) is 5.73. The number of nitrogens with two attached hydrogens (primary N) is 1. The molecule has 2 amide bonds. The van der Waals surface area contributed by atoms with Crippen molar-refractivity contribution in [3.05, 3.63) is 29.8 Å². The molecule has 0 aliphatic rings. The Morgan fingerprint density at radius 2 is 1.80 bits per heavy atom. The van der Waals surface area contributed by atoms with Gasteiger partial charge in [0.25, 0.3) is 0 Å². The first-order chi connectivity index (χ1) is 9.31. The smallest absolute Gasteiger partial charge is 0.243 e. The lowest BCUT2D eigenvalue weighted by Crippen LogP contribution is -2.47. The Bertz CT molecular complexity index is 469. The number of aryl methyl sites for hydroxylation is 1. The van der Waals surface area contributed by atoms with E-state index in [0.717, 1.165) is 11.3 Å². The number of likely N-dealkylation sites (N-methyl/N-ethyl adjacent to an activating group) is 1. The number of benzene rings is 1. The van der Waals surface area contributed by atoms with Gasteiger partial charge in [-0.15, -0.1) is 0 Å². The molecule has 0 unspecified atom stereocenters. The molecular formula is C15H23N3O2. The van der Waals surface area contributed by atoms with Crippen LogP contribution in [0.3, 0.4) is 0 Å². The summed E-state index contributed by atoms with van der Waals surface area (Å²) in [4.78, 5) is 25.2. The molecule has 0 aliphatic heterocycles. The predicted molar refractivity (Wildman–Crippen MR) is 80.3 cm³/mol. The van der Waals surface area contributed by atoms with Gasteiger partial charge in [-0.1, -0.05) is 31.5 Å². The summed E-state index contributed by atoms with van der Waals surface area (Å²) in [7, 11) is 1.58. The number of carbonyl (C=O) groups excluding carboxylic acids is 2. The van der Waals surface area contributed by atoms with Crippen molar-refractivity contribution in [1.82, 2.24) is 4.90 Å². The van der Waals surface area contributed by atoms with Crippen LogP contribution < -0.4 is 11.1 Å². The van der Waals surface area contributed by atoms with Crippen molar-refractivity contribution in [3.63, 3.8) is 0 Å². The van der Waals surface area contributed by atoms with Gasteiger partial charge in [-0.05, 0) is 25.0 Å². The standard InChI is InChI=1S/C15H23N3O2/c1-10(2)14(16)15(20)18(4)9-13(19)17-12-7-5-11(3)6-8-12/h5-8,10,14H,9,16H2,1-4H3,(H,17,19)/t14-/m0/s1. The van der Waals surface area contributed by atoms with Crippen molar-refractivity contribution in [3.8, 4) is 0 Å². The van der Waals surface area contributed by atoms with E-state index in [2.05, 4.69) is 5.32 Å². The highest BCUT2D eigenvalue weighted by Gasteiger charge is 2.22. The fourth-order valence-electron chi connectivity index (χ4n) is 1.67. The molecule has 0 radical (unpaired) electrons. The predicted octanol–water partition coefficient (Wildman–Crippen LogP) is 1.38. The van der Waals surface area contributed by atoms with Crippen molar-refractivity contribution < 1.29 is 9.59 Å². The number of anilines is 1. The number of amides is 2. The summed E-state index contributed by atoms with van der Waals surface area (Å²) in [5.41, 5.74) is 7.62. The molecule has 20 heavy (non-hydrogen) atoms. The van der Waals surface area contributed by atoms with Gasteiger partial charge in [0.2, 0.25) is 11.8 Å². The molecule has 1 aromatic carbocycles. The molecule has 0 saturated heterocycles. The van der Waals surface area contributed by atoms with Crippen molar-refractivity contribution in [2.45, 2.75) is 26.8 Å². The Morgan fingerprint density at radius 3 is 2.30 bits per heavy atom. The van der Waals surface area contributed by atoms with Crippen molar-refractivity contribution in [1.29, 1.82) is 0 Å². The van der Waals surface area contributed by atoms with Gasteiger partial charge in [-0.2, -0.15) is 0 Å². The lowest BCUT2D eigenvalue weighted by molar-refractivity contribution is -0.135. The van der Waals surface area contributed by atoms with Gasteiger partial charge >= 0.3 is 0 Å². The summed E-state index contributed by atoms with van der Waals surface area (Å²) in [5.74, 6) is -0.412. The Balaban J connectivity index is 2.53. The lowest BCUT2D eigenvalue weighted by Gasteiger charge is -2.22. The van der Waals surface area contributed by atoms with E-state index in [1.165, 1.54) is 4.90 Å². The Kier molecular flexibility index (Phi) is 5.70. The molecule has 110 valence electrons. The molecule has 0 fully saturated rings. The third-order valence-electron chi connectivity index (χ3n) is 3.10. The zero-order valence-electron chi connectivity index (χ0n) is 12.5. The van der Waals surface area contributed by atoms with Gasteiger partial charge in [-0.3, -0.25) is 9.59 Å². The number of nitrogens with one attached hydrogen (secondary N) is 1. The van der Waals surface area contributed by atoms with E-state index < -0.39 is 6.04 Å². The summed E-state index contributed by atoms with van der Waals surface area (Å²) in [6, 6.07) is 6.91. The van der Waals surface area contributed by atoms with Crippen LogP contribution in [-0.2, 0) is 9.59 Å². The molecule has 0 aliphatic carbocycles. The Morgan fingerprint density at radius 1 is 1.25 bits per heavy atom. The van der Waals surface area contributed by atoms with E-state index in [-0.39, 0.29) is 24.3 Å². The molecule has 5 nitrogen and oxygen atoms in total. The fraction of sp³-hybridized carbons (Fsp3) is 0.467. The molecule has 0 spiro atoms. The third kappa shape index (κ3) is 4.66. The SMILES string of the molecule is Cc1ccc(NC(=O)CN(C)C(=O)[C@@H](N)C(C)C)cc1. The normalized spacial score (nSPS) is 12.1. The molecule has 1 atom stereocenters. The number of rotatable bonds is 5. The van der Waals surface area contributed by atoms with Crippen molar-refractivity contribution in [2.75, 3.05) is 18.9 Å². The van der Waals surface area contributed by atoms with Gasteiger partial charge in [0.1, 0.15) is 0 Å². The van der Waals surface area contributed by atoms with Gasteiger partial charge < -0.3 is 16.0 Å². The van der Waals surface area contributed by atoms with Crippen LogP contribution in [0.2, 0.25) is 0 Å². The van der Waals surface area contributed by atoms with E-state index in [0.29, 0.717) is 0 Å². The Hall–Kier alpha value is -1.88. The maximum absolute atomic E-state index is 11.9. The van der Waals surface area contributed by atoms with Crippen molar-refractivity contribution in [2.24, 2.45) is 11.7 Å². The van der Waals surface area contributed by atoms with Gasteiger partial charge in [0.05, 0.1) is 12.6 Å². The van der Waals surface area contributed by atoms with Crippen LogP contribution in [0, 0.1) is 12.8 Å². The van der Waals surface area contributed by atoms with E-state index >= 15 is 0 Å². The summed E-state index contributed by atoms with van der Waals surface area (Å²) in [5, 5.41) is 2.75. The average Bonchev–Trinajstić information content (AvgIpc) is 2.39. The number of hydrogen-bond acceptors (Lipinski definition) is 3. The second kappa shape index (κ2) is 7.05. The highest BCUT2D eigenvalue weighted by Crippen LogP contribution is 2.08. The van der Waals surface area contributed by atoms with Crippen LogP contribution in [0.25, 0.3) is 0 Å². The first-order valence-electron chi connectivity index (χ1n) is 6.68. The first-order valence-corrected chi connectivity index (χ1v) is 6.68. The molecule has 5 heteroatoms. The minimum atomic E-state index is -0.577. The van der Waals surface area contributed by atoms with Crippen molar-refractivity contribution >= 4 is 17.5 Å². The van der Waals surface area contributed by atoms with Crippen LogP contribution >= 0.6 is 0 Å². The van der Waals surface area contributed by atoms with Crippen LogP contribution in [0.1, 0.15) is 19.4 Å². The second-order valence-corrected chi connectivity index (χ2v) is 5.38. The maximum atomic E-state index is 11.9. The van der Waals surface area contributed by atoms with E-state index in [9.17, 15) is 9.59 Å². The molecule has 1 rings (SSSR count). The number of carbonyl (C=O) groups is 2. The molecule has 3 N–H and O–H groups in total. The first kappa shape index (κ1) is 16.2. The molecular weight excluding hydrogens is 254 g/mol. The van der Waals surface area contributed by atoms with E-state index in [1.54, 1.807) is 7.05 Å². The van der Waals surface area contributed by atoms with Crippen LogP contribution in [-0.4, -0.2) is 36.3 Å². The molecule has 1 aromatic rings. The topological polar surface area (TPSA) is 75.4 Å². The monoisotopic (exact) mass is 277 g/mol. The molecule has 0 saturated carbocycles. The summed E-state index contributed by atoms with van der Waals surface area (Å²) >= 11 is 0. The van der Waals surface area contributed by atoms with E-state index in [1.807, 2.05) is 45.0 Å². The zero-order valence-corrected chi connectivity index (χ0v) is 12.5. The van der Waals surface area contributed by atoms with Crippen LogP contribution in [0.4, 0.5) is 5.69 Å². The summed E-state index contributed by atoms with van der Waals surface area (Å²) in [6.07, 6.45) is 0. The highest BCUT2D eigenvalue weighted by atomic mass is 16.2. The molecule has 0 aromatic heterocycles. The Labute approximate surface area is 120 Å². The second-order valence-electron chi connectivity index (χ2n) is 5.38. The largest absolute Gasteiger partial charge is 0.335 e. The van der Waals surface area contributed by atoms with Gasteiger partial charge in [0.15, 0.2) is 0 Å². The molecule has 0 bridgehead atoms. The van der Waals surface area contributed by atoms with Crippen LogP contribution in [0.5, 0.6) is 0 Å². The minimum absolute atomic E-state index is 0.00682. The number of nitrogens with zero attached hydrogens (tertiary/aromatic N) is 1. The zero-order chi connectivity index (χ0) is 15.3. The minimum Gasteiger partial charge on any atom is -0.335 e. The third-order valence-corrected chi connectivity index (χ3v) is 3.10. The van der Waals surface area contributed by atoms with Gasteiger partial charge in [0, 0.05) is 12.7 Å². The summed E-state index contributed by atoms with van der Waals surface area (Å²) < 4.78 is 0. The average molecular weight is 277 g/mol. The number of hydrogen-bond donors (Lipinski definition) is 2.